The quantitative estimate of drug-likeness (QED) is 0.780. The van der Waals surface area contributed by atoms with Crippen molar-refractivity contribution in [3.63, 3.8) is 0 Å². The van der Waals surface area contributed by atoms with Crippen molar-refractivity contribution in [2.24, 2.45) is 0 Å². The Morgan fingerprint density at radius 2 is 1.92 bits per heavy atom. The third-order valence-electron chi connectivity index (χ3n) is 4.45. The summed E-state index contributed by atoms with van der Waals surface area (Å²) in [7, 11) is -3.42. The highest BCUT2D eigenvalue weighted by Gasteiger charge is 2.27. The molecule has 2 fully saturated rings. The van der Waals surface area contributed by atoms with Gasteiger partial charge in [0.15, 0.2) is 6.61 Å². The van der Waals surface area contributed by atoms with Gasteiger partial charge >= 0.3 is 0 Å². The molecule has 1 N–H and O–H groups in total. The first kappa shape index (κ1) is 18.2. The Labute approximate surface area is 148 Å². The van der Waals surface area contributed by atoms with Gasteiger partial charge in [-0.15, -0.1) is 0 Å². The molecular formula is C17H24N2O5S. The molecule has 2 aliphatic rings. The maximum Gasteiger partial charge on any atom is 0.258 e. The van der Waals surface area contributed by atoms with Crippen LogP contribution in [0.2, 0.25) is 0 Å². The van der Waals surface area contributed by atoms with Gasteiger partial charge in [-0.2, -0.15) is 4.31 Å². The lowest BCUT2D eigenvalue weighted by atomic mass is 10.2. The zero-order chi connectivity index (χ0) is 17.7. The number of carbonyl (C=O) groups is 1. The summed E-state index contributed by atoms with van der Waals surface area (Å²) in [5.74, 6) is 0.247. The van der Waals surface area contributed by atoms with E-state index < -0.39 is 10.0 Å². The van der Waals surface area contributed by atoms with Crippen LogP contribution < -0.4 is 10.1 Å². The second kappa shape index (κ2) is 8.16. The number of hydrogen-bond donors (Lipinski definition) is 1. The number of rotatable bonds is 7. The molecule has 8 heteroatoms. The standard InChI is InChI=1S/C17H24N2O5S/c20-17(18-12-15-4-3-11-23-15)13-24-14-5-7-16(8-6-14)25(21,22)19-9-1-2-10-19/h5-8,15H,1-4,9-13H2,(H,18,20)/t15-/m1/s1. The van der Waals surface area contributed by atoms with Crippen molar-refractivity contribution in [2.75, 3.05) is 32.8 Å². The molecule has 1 aromatic carbocycles. The van der Waals surface area contributed by atoms with Crippen LogP contribution in [0.15, 0.2) is 29.2 Å². The molecule has 138 valence electrons. The minimum absolute atomic E-state index is 0.0963. The summed E-state index contributed by atoms with van der Waals surface area (Å²) < 4.78 is 37.2. The number of hydrogen-bond acceptors (Lipinski definition) is 5. The average molecular weight is 368 g/mol. The molecule has 0 bridgehead atoms. The molecule has 1 aromatic rings. The smallest absolute Gasteiger partial charge is 0.258 e. The molecular weight excluding hydrogens is 344 g/mol. The Bertz CT molecular complexity index is 677. The second-order valence-electron chi connectivity index (χ2n) is 6.31. The summed E-state index contributed by atoms with van der Waals surface area (Å²) in [6.45, 7) is 2.29. The van der Waals surface area contributed by atoms with Crippen LogP contribution >= 0.6 is 0 Å². The number of nitrogens with zero attached hydrogens (tertiary/aromatic N) is 1. The van der Waals surface area contributed by atoms with Crippen LogP contribution in [0, 0.1) is 0 Å². The lowest BCUT2D eigenvalue weighted by Crippen LogP contribution is -2.35. The average Bonchev–Trinajstić information content (AvgIpc) is 3.32. The summed E-state index contributed by atoms with van der Waals surface area (Å²) in [6.07, 6.45) is 3.90. The van der Waals surface area contributed by atoms with Gasteiger partial charge in [-0.05, 0) is 49.9 Å². The van der Waals surface area contributed by atoms with Crippen molar-refractivity contribution in [1.29, 1.82) is 0 Å². The number of amides is 1. The van der Waals surface area contributed by atoms with Crippen LogP contribution in [0.25, 0.3) is 0 Å². The lowest BCUT2D eigenvalue weighted by molar-refractivity contribution is -0.123. The molecule has 1 amide bonds. The highest BCUT2D eigenvalue weighted by molar-refractivity contribution is 7.89. The molecule has 7 nitrogen and oxygen atoms in total. The van der Waals surface area contributed by atoms with Gasteiger partial charge in [-0.3, -0.25) is 4.79 Å². The van der Waals surface area contributed by atoms with Gasteiger partial charge in [0.05, 0.1) is 11.0 Å². The summed E-state index contributed by atoms with van der Waals surface area (Å²) in [6, 6.07) is 6.20. The van der Waals surface area contributed by atoms with Crippen LogP contribution in [-0.2, 0) is 19.6 Å². The number of carbonyl (C=O) groups excluding carboxylic acids is 1. The van der Waals surface area contributed by atoms with Crippen LogP contribution in [0.4, 0.5) is 0 Å². The van der Waals surface area contributed by atoms with E-state index in [9.17, 15) is 13.2 Å². The number of ether oxygens (including phenoxy) is 2. The van der Waals surface area contributed by atoms with Crippen molar-refractivity contribution in [2.45, 2.75) is 36.7 Å². The summed E-state index contributed by atoms with van der Waals surface area (Å²) in [5, 5.41) is 2.78. The summed E-state index contributed by atoms with van der Waals surface area (Å²) in [5.41, 5.74) is 0. The molecule has 25 heavy (non-hydrogen) atoms. The molecule has 1 atom stereocenters. The third kappa shape index (κ3) is 4.71. The molecule has 2 heterocycles. The predicted octanol–water partition coefficient (Wildman–Crippen LogP) is 1.15. The lowest BCUT2D eigenvalue weighted by Gasteiger charge is -2.15. The molecule has 2 saturated heterocycles. The van der Waals surface area contributed by atoms with Gasteiger partial charge in [-0.25, -0.2) is 8.42 Å². The van der Waals surface area contributed by atoms with Crippen LogP contribution in [0.1, 0.15) is 25.7 Å². The third-order valence-corrected chi connectivity index (χ3v) is 6.36. The number of nitrogens with one attached hydrogen (secondary N) is 1. The minimum Gasteiger partial charge on any atom is -0.484 e. The van der Waals surface area contributed by atoms with Crippen molar-refractivity contribution in [3.05, 3.63) is 24.3 Å². The van der Waals surface area contributed by atoms with Gasteiger partial charge < -0.3 is 14.8 Å². The summed E-state index contributed by atoms with van der Waals surface area (Å²) in [4.78, 5) is 12.0. The van der Waals surface area contributed by atoms with E-state index in [2.05, 4.69) is 5.32 Å². The molecule has 0 aliphatic carbocycles. The fourth-order valence-electron chi connectivity index (χ4n) is 3.02. The zero-order valence-electron chi connectivity index (χ0n) is 14.1. The first-order chi connectivity index (χ1) is 12.1. The fraction of sp³-hybridized carbons (Fsp3) is 0.588. The second-order valence-corrected chi connectivity index (χ2v) is 8.25. The molecule has 3 rings (SSSR count). The molecule has 0 saturated carbocycles. The first-order valence-corrected chi connectivity index (χ1v) is 10.1. The monoisotopic (exact) mass is 368 g/mol. The van der Waals surface area contributed by atoms with E-state index >= 15 is 0 Å². The first-order valence-electron chi connectivity index (χ1n) is 8.67. The van der Waals surface area contributed by atoms with Crippen molar-refractivity contribution in [3.8, 4) is 5.75 Å². The molecule has 0 aromatic heterocycles. The van der Waals surface area contributed by atoms with E-state index in [4.69, 9.17) is 9.47 Å². The Balaban J connectivity index is 1.48. The maximum absolute atomic E-state index is 12.4. The van der Waals surface area contributed by atoms with Crippen LogP contribution in [-0.4, -0.2) is 57.6 Å². The SMILES string of the molecule is O=C(COc1ccc(S(=O)(=O)N2CCCC2)cc1)NC[C@H]1CCCO1. The Morgan fingerprint density at radius 3 is 2.56 bits per heavy atom. The van der Waals surface area contributed by atoms with Crippen molar-refractivity contribution >= 4 is 15.9 Å². The van der Waals surface area contributed by atoms with Crippen LogP contribution in [0.3, 0.4) is 0 Å². The Hall–Kier alpha value is -1.64. The normalized spacial score (nSPS) is 21.4. The summed E-state index contributed by atoms with van der Waals surface area (Å²) >= 11 is 0. The maximum atomic E-state index is 12.4. The van der Waals surface area contributed by atoms with E-state index in [0.717, 1.165) is 32.3 Å². The van der Waals surface area contributed by atoms with Gasteiger partial charge in [0, 0.05) is 26.2 Å². The minimum atomic E-state index is -3.42. The predicted molar refractivity (Wildman–Crippen MR) is 91.9 cm³/mol. The molecule has 0 radical (unpaired) electrons. The van der Waals surface area contributed by atoms with Gasteiger partial charge in [0.2, 0.25) is 10.0 Å². The Morgan fingerprint density at radius 1 is 1.20 bits per heavy atom. The van der Waals surface area contributed by atoms with E-state index in [1.807, 2.05) is 0 Å². The van der Waals surface area contributed by atoms with Gasteiger partial charge in [0.25, 0.3) is 5.91 Å². The molecule has 0 spiro atoms. The fourth-order valence-corrected chi connectivity index (χ4v) is 4.54. The van der Waals surface area contributed by atoms with E-state index in [-0.39, 0.29) is 23.5 Å². The van der Waals surface area contributed by atoms with Gasteiger partial charge in [-0.1, -0.05) is 0 Å². The van der Waals surface area contributed by atoms with Crippen molar-refractivity contribution in [1.82, 2.24) is 9.62 Å². The Kier molecular flexibility index (Phi) is 5.93. The highest BCUT2D eigenvalue weighted by atomic mass is 32.2. The van der Waals surface area contributed by atoms with Crippen molar-refractivity contribution < 1.29 is 22.7 Å². The van der Waals surface area contributed by atoms with E-state index in [1.165, 1.54) is 16.4 Å². The highest BCUT2D eigenvalue weighted by Crippen LogP contribution is 2.22. The van der Waals surface area contributed by atoms with E-state index in [1.54, 1.807) is 12.1 Å². The number of benzene rings is 1. The van der Waals surface area contributed by atoms with Crippen LogP contribution in [0.5, 0.6) is 5.75 Å². The largest absolute Gasteiger partial charge is 0.484 e. The topological polar surface area (TPSA) is 84.9 Å². The van der Waals surface area contributed by atoms with E-state index in [0.29, 0.717) is 25.4 Å². The zero-order valence-corrected chi connectivity index (χ0v) is 15.0. The molecule has 0 unspecified atom stereocenters. The molecule has 2 aliphatic heterocycles. The van der Waals surface area contributed by atoms with Gasteiger partial charge in [0.1, 0.15) is 5.75 Å². The number of sulfonamides is 1.